The van der Waals surface area contributed by atoms with Gasteiger partial charge in [0.1, 0.15) is 11.8 Å². The molecule has 0 amide bonds. The Kier molecular flexibility index (Phi) is 5.45. The van der Waals surface area contributed by atoms with E-state index in [1.807, 2.05) is 31.2 Å². The first-order chi connectivity index (χ1) is 9.16. The van der Waals surface area contributed by atoms with Crippen LogP contribution in [0.5, 0.6) is 0 Å². The Hall–Kier alpha value is -0.810. The van der Waals surface area contributed by atoms with Gasteiger partial charge in [-0.05, 0) is 50.6 Å². The molecule has 0 saturated carbocycles. The lowest BCUT2D eigenvalue weighted by Gasteiger charge is -2.15. The van der Waals surface area contributed by atoms with E-state index < -0.39 is 0 Å². The van der Waals surface area contributed by atoms with Gasteiger partial charge in [0, 0.05) is 4.88 Å². The lowest BCUT2D eigenvalue weighted by atomic mass is 10.1. The first-order valence-electron chi connectivity index (χ1n) is 6.37. The van der Waals surface area contributed by atoms with Crippen molar-refractivity contribution in [2.45, 2.75) is 31.9 Å². The molecule has 2 atom stereocenters. The van der Waals surface area contributed by atoms with Crippen molar-refractivity contribution < 1.29 is 9.52 Å². The van der Waals surface area contributed by atoms with Gasteiger partial charge in [-0.1, -0.05) is 11.6 Å². The fourth-order valence-electron chi connectivity index (χ4n) is 1.92. The minimum atomic E-state index is -0.250. The monoisotopic (exact) mass is 299 g/mol. The summed E-state index contributed by atoms with van der Waals surface area (Å²) in [5.74, 6) is 0.885. The maximum atomic E-state index is 9.26. The minimum Gasteiger partial charge on any atom is -0.467 e. The van der Waals surface area contributed by atoms with Crippen LogP contribution in [0.25, 0.3) is 0 Å². The van der Waals surface area contributed by atoms with E-state index in [0.29, 0.717) is 0 Å². The van der Waals surface area contributed by atoms with Gasteiger partial charge >= 0.3 is 0 Å². The van der Waals surface area contributed by atoms with E-state index in [4.69, 9.17) is 16.0 Å². The predicted octanol–water partition coefficient (Wildman–Crippen LogP) is 3.83. The van der Waals surface area contributed by atoms with Gasteiger partial charge in [0.2, 0.25) is 0 Å². The highest BCUT2D eigenvalue weighted by molar-refractivity contribution is 7.16. The molecule has 2 aromatic rings. The molecular weight excluding hydrogens is 282 g/mol. The summed E-state index contributed by atoms with van der Waals surface area (Å²) in [5.41, 5.74) is 0. The molecule has 5 heteroatoms. The predicted molar refractivity (Wildman–Crippen MR) is 78.8 cm³/mol. The largest absolute Gasteiger partial charge is 0.467 e. The molecule has 0 aliphatic carbocycles. The molecule has 0 spiro atoms. The van der Waals surface area contributed by atoms with E-state index in [1.165, 1.54) is 0 Å². The van der Waals surface area contributed by atoms with E-state index >= 15 is 0 Å². The molecular formula is C14H18ClNO2S. The molecule has 2 aromatic heterocycles. The van der Waals surface area contributed by atoms with Gasteiger partial charge in [0.25, 0.3) is 0 Å². The minimum absolute atomic E-state index is 0.0292. The van der Waals surface area contributed by atoms with Crippen LogP contribution in [0.4, 0.5) is 0 Å². The van der Waals surface area contributed by atoms with Gasteiger partial charge in [0.05, 0.1) is 16.7 Å². The van der Waals surface area contributed by atoms with Gasteiger partial charge in [-0.2, -0.15) is 0 Å². The molecule has 2 heterocycles. The Balaban J connectivity index is 1.99. The Morgan fingerprint density at radius 1 is 1.42 bits per heavy atom. The average molecular weight is 300 g/mol. The smallest absolute Gasteiger partial charge is 0.126 e. The van der Waals surface area contributed by atoms with Crippen LogP contribution in [0.15, 0.2) is 34.9 Å². The summed E-state index contributed by atoms with van der Waals surface area (Å²) < 4.78 is 6.26. The molecule has 0 aliphatic rings. The normalized spacial score (nSPS) is 14.5. The third-order valence-electron chi connectivity index (χ3n) is 2.85. The fraction of sp³-hybridized carbons (Fsp3) is 0.429. The van der Waals surface area contributed by atoms with Crippen LogP contribution in [0, 0.1) is 0 Å². The van der Waals surface area contributed by atoms with E-state index in [2.05, 4.69) is 5.32 Å². The van der Waals surface area contributed by atoms with Crippen LogP contribution in [0.2, 0.25) is 4.34 Å². The van der Waals surface area contributed by atoms with Crippen molar-refractivity contribution in [2.75, 3.05) is 6.54 Å². The quantitative estimate of drug-likeness (QED) is 0.764. The van der Waals surface area contributed by atoms with Crippen LogP contribution >= 0.6 is 22.9 Å². The van der Waals surface area contributed by atoms with Crippen molar-refractivity contribution in [3.05, 3.63) is 45.5 Å². The molecule has 0 bridgehead atoms. The van der Waals surface area contributed by atoms with Gasteiger partial charge in [-0.25, -0.2) is 0 Å². The summed E-state index contributed by atoms with van der Waals surface area (Å²) in [4.78, 5) is 1.14. The highest BCUT2D eigenvalue weighted by atomic mass is 35.5. The second-order valence-corrected chi connectivity index (χ2v) is 6.28. The highest BCUT2D eigenvalue weighted by Gasteiger charge is 2.18. The number of hydrogen-bond donors (Lipinski definition) is 2. The van der Waals surface area contributed by atoms with Crippen molar-refractivity contribution >= 4 is 22.9 Å². The first kappa shape index (κ1) is 14.6. The maximum Gasteiger partial charge on any atom is 0.126 e. The van der Waals surface area contributed by atoms with Gasteiger partial charge in [-0.3, -0.25) is 0 Å². The van der Waals surface area contributed by atoms with Gasteiger partial charge < -0.3 is 14.8 Å². The van der Waals surface area contributed by atoms with E-state index in [9.17, 15) is 5.11 Å². The molecule has 0 saturated heterocycles. The molecule has 0 fully saturated rings. The van der Waals surface area contributed by atoms with Crippen molar-refractivity contribution in [2.24, 2.45) is 0 Å². The second kappa shape index (κ2) is 7.10. The van der Waals surface area contributed by atoms with E-state index in [0.717, 1.165) is 34.4 Å². The fourth-order valence-corrected chi connectivity index (χ4v) is 3.07. The number of aliphatic hydroxyl groups is 1. The lowest BCUT2D eigenvalue weighted by molar-refractivity contribution is 0.181. The summed E-state index contributed by atoms with van der Waals surface area (Å²) in [6.07, 6.45) is 3.14. The zero-order valence-corrected chi connectivity index (χ0v) is 12.4. The Morgan fingerprint density at radius 2 is 2.26 bits per heavy atom. The molecule has 0 aliphatic heterocycles. The van der Waals surface area contributed by atoms with Crippen LogP contribution in [-0.4, -0.2) is 17.8 Å². The zero-order valence-electron chi connectivity index (χ0n) is 10.8. The molecule has 3 nitrogen and oxygen atoms in total. The van der Waals surface area contributed by atoms with E-state index in [1.54, 1.807) is 17.6 Å². The molecule has 104 valence electrons. The number of furan rings is 1. The number of hydrogen-bond acceptors (Lipinski definition) is 4. The Labute approximate surface area is 122 Å². The first-order valence-corrected chi connectivity index (χ1v) is 7.56. The number of thiophene rings is 1. The third kappa shape index (κ3) is 4.35. The van der Waals surface area contributed by atoms with Crippen molar-refractivity contribution in [3.8, 4) is 0 Å². The van der Waals surface area contributed by atoms with Gasteiger partial charge in [-0.15, -0.1) is 11.3 Å². The zero-order chi connectivity index (χ0) is 13.7. The summed E-state index contributed by atoms with van der Waals surface area (Å²) in [7, 11) is 0. The molecule has 2 unspecified atom stereocenters. The number of nitrogens with one attached hydrogen (secondary N) is 1. The summed E-state index contributed by atoms with van der Waals surface area (Å²) in [6, 6.07) is 7.78. The average Bonchev–Trinajstić information content (AvgIpc) is 3.00. The molecule has 0 aromatic carbocycles. The maximum absolute atomic E-state index is 9.26. The van der Waals surface area contributed by atoms with Crippen LogP contribution in [-0.2, 0) is 0 Å². The van der Waals surface area contributed by atoms with Crippen molar-refractivity contribution in [1.82, 2.24) is 5.32 Å². The molecule has 2 rings (SSSR count). The summed E-state index contributed by atoms with van der Waals surface area (Å²) in [5, 5.41) is 12.7. The van der Waals surface area contributed by atoms with Crippen LogP contribution in [0.1, 0.15) is 36.4 Å². The highest BCUT2D eigenvalue weighted by Crippen LogP contribution is 2.31. The van der Waals surface area contributed by atoms with E-state index in [-0.39, 0.29) is 12.1 Å². The van der Waals surface area contributed by atoms with Crippen molar-refractivity contribution in [1.29, 1.82) is 0 Å². The molecule has 2 N–H and O–H groups in total. The number of rotatable bonds is 7. The van der Waals surface area contributed by atoms with Gasteiger partial charge in [0.15, 0.2) is 0 Å². The van der Waals surface area contributed by atoms with Crippen molar-refractivity contribution in [3.63, 3.8) is 0 Å². The lowest BCUT2D eigenvalue weighted by Crippen LogP contribution is -2.23. The number of aliphatic hydroxyl groups excluding tert-OH is 1. The Bertz CT molecular complexity index is 481. The summed E-state index contributed by atoms with van der Waals surface area (Å²) in [6.45, 7) is 2.63. The SMILES string of the molecule is CC(O)CCCNC(c1ccco1)c1ccc(Cl)s1. The Morgan fingerprint density at radius 3 is 2.84 bits per heavy atom. The topological polar surface area (TPSA) is 45.4 Å². The van der Waals surface area contributed by atoms with Crippen LogP contribution < -0.4 is 5.32 Å². The molecule has 19 heavy (non-hydrogen) atoms. The third-order valence-corrected chi connectivity index (χ3v) is 4.15. The van der Waals surface area contributed by atoms with Crippen LogP contribution in [0.3, 0.4) is 0 Å². The second-order valence-electron chi connectivity index (χ2n) is 4.54. The standard InChI is InChI=1S/C14H18ClNO2S/c1-10(17)4-2-8-16-14(11-5-3-9-18-11)12-6-7-13(15)19-12/h3,5-7,9-10,14,16-17H,2,4,8H2,1H3. The molecule has 0 radical (unpaired) electrons. The number of halogens is 1. The summed E-state index contributed by atoms with van der Waals surface area (Å²) >= 11 is 7.55.